The topological polar surface area (TPSA) is 27.7 Å². The molecule has 1 aliphatic heterocycles. The van der Waals surface area contributed by atoms with Crippen LogP contribution in [0.25, 0.3) is 0 Å². The van der Waals surface area contributed by atoms with Crippen LogP contribution in [0.2, 0.25) is 6.04 Å². The molecule has 0 saturated carbocycles. The van der Waals surface area contributed by atoms with Crippen molar-refractivity contribution in [1.29, 1.82) is 0 Å². The highest BCUT2D eigenvalue weighted by Gasteiger charge is 2.16. The second kappa shape index (κ2) is 18.3. The van der Waals surface area contributed by atoms with Gasteiger partial charge in [-0.1, -0.05) is 110 Å². The van der Waals surface area contributed by atoms with Crippen LogP contribution in [-0.4, -0.2) is 29.3 Å². The molecule has 1 heterocycles. The molecule has 0 aromatic carbocycles. The van der Waals surface area contributed by atoms with Crippen LogP contribution < -0.4 is 0 Å². The largest absolute Gasteiger partial charge is 0.425 e. The Morgan fingerprint density at radius 3 is 1.33 bits per heavy atom. The number of hydrogen-bond donors (Lipinski definition) is 0. The van der Waals surface area contributed by atoms with Crippen molar-refractivity contribution < 1.29 is 12.3 Å². The zero-order valence-corrected chi connectivity index (χ0v) is 20.2. The van der Waals surface area contributed by atoms with Crippen molar-refractivity contribution >= 4 is 29.3 Å². The Hall–Kier alpha value is 0.531. The van der Waals surface area contributed by atoms with Gasteiger partial charge in [0.1, 0.15) is 0 Å². The van der Waals surface area contributed by atoms with E-state index in [1.165, 1.54) is 109 Å². The second-order valence-corrected chi connectivity index (χ2v) is 13.5. The van der Waals surface area contributed by atoms with Crippen molar-refractivity contribution in [2.24, 2.45) is 0 Å². The SMILES string of the molecule is CCCCCCCCCCCCCCCCCC[SiH]1O[SiH2]O[SiH2]O1. The van der Waals surface area contributed by atoms with Crippen LogP contribution in [0.4, 0.5) is 0 Å². The maximum Gasteiger partial charge on any atom is 0.303 e. The Labute approximate surface area is 157 Å². The van der Waals surface area contributed by atoms with Crippen molar-refractivity contribution in [2.75, 3.05) is 0 Å². The highest BCUT2D eigenvalue weighted by molar-refractivity contribution is 6.61. The molecule has 0 atom stereocenters. The molecule has 6 heteroatoms. The molecule has 0 amide bonds. The van der Waals surface area contributed by atoms with Crippen LogP contribution in [0.5, 0.6) is 0 Å². The van der Waals surface area contributed by atoms with Gasteiger partial charge < -0.3 is 12.3 Å². The van der Waals surface area contributed by atoms with Crippen LogP contribution in [0.15, 0.2) is 0 Å². The second-order valence-electron chi connectivity index (χ2n) is 7.29. The van der Waals surface area contributed by atoms with E-state index in [4.69, 9.17) is 12.3 Å². The summed E-state index contributed by atoms with van der Waals surface area (Å²) >= 11 is 0. The zero-order chi connectivity index (χ0) is 17.1. The van der Waals surface area contributed by atoms with Gasteiger partial charge in [-0.15, -0.1) is 0 Å². The van der Waals surface area contributed by atoms with E-state index in [1.807, 2.05) is 0 Å². The molecule has 1 aliphatic rings. The molecule has 0 aliphatic carbocycles. The molecule has 1 rings (SSSR count). The third-order valence-corrected chi connectivity index (χ3v) is 11.2. The molecule has 0 N–H and O–H groups in total. The standard InChI is InChI=1S/C18H42O3Si3/c1-2-3-4-5-6-7-8-9-10-11-12-13-14-15-16-17-18-24-20-22-19-23-21-24/h24H,2-18,22-23H2,1H3. The molecule has 0 bridgehead atoms. The Morgan fingerprint density at radius 2 is 0.917 bits per heavy atom. The first-order chi connectivity index (χ1) is 11.9. The minimum Gasteiger partial charge on any atom is -0.425 e. The fraction of sp³-hybridized carbons (Fsp3) is 1.00. The molecule has 0 radical (unpaired) electrons. The van der Waals surface area contributed by atoms with Gasteiger partial charge in [0.25, 0.3) is 20.0 Å². The predicted octanol–water partition coefficient (Wildman–Crippen LogP) is 4.53. The van der Waals surface area contributed by atoms with E-state index in [2.05, 4.69) is 6.92 Å². The Kier molecular flexibility index (Phi) is 17.2. The maximum atomic E-state index is 5.67. The van der Waals surface area contributed by atoms with E-state index in [0.29, 0.717) is 0 Å². The maximum absolute atomic E-state index is 5.67. The van der Waals surface area contributed by atoms with Gasteiger partial charge in [0.15, 0.2) is 0 Å². The monoisotopic (exact) mass is 390 g/mol. The summed E-state index contributed by atoms with van der Waals surface area (Å²) in [5, 5.41) is 0. The smallest absolute Gasteiger partial charge is 0.303 e. The molecule has 0 spiro atoms. The molecule has 3 nitrogen and oxygen atoms in total. The van der Waals surface area contributed by atoms with Crippen molar-refractivity contribution in [2.45, 2.75) is 116 Å². The third-order valence-electron chi connectivity index (χ3n) is 4.97. The zero-order valence-electron chi connectivity index (χ0n) is 16.2. The van der Waals surface area contributed by atoms with E-state index >= 15 is 0 Å². The van der Waals surface area contributed by atoms with E-state index in [-0.39, 0.29) is 0 Å². The summed E-state index contributed by atoms with van der Waals surface area (Å²) in [5.41, 5.74) is 0. The van der Waals surface area contributed by atoms with E-state index < -0.39 is 29.3 Å². The number of unbranched alkanes of at least 4 members (excludes halogenated alkanes) is 15. The Morgan fingerprint density at radius 1 is 0.542 bits per heavy atom. The van der Waals surface area contributed by atoms with Crippen molar-refractivity contribution in [3.05, 3.63) is 0 Å². The lowest BCUT2D eigenvalue weighted by Gasteiger charge is -2.21. The number of hydrogen-bond acceptors (Lipinski definition) is 3. The average Bonchev–Trinajstić information content (AvgIpc) is 2.62. The summed E-state index contributed by atoms with van der Waals surface area (Å²) in [5.74, 6) is 0. The summed E-state index contributed by atoms with van der Waals surface area (Å²) in [6.07, 6.45) is 22.9. The van der Waals surface area contributed by atoms with Gasteiger partial charge in [-0.2, -0.15) is 0 Å². The molecule has 1 fully saturated rings. The van der Waals surface area contributed by atoms with Gasteiger partial charge in [-0.25, -0.2) is 0 Å². The fourth-order valence-electron chi connectivity index (χ4n) is 3.36. The molecular weight excluding hydrogens is 348 g/mol. The molecule has 0 aromatic heterocycles. The Balaban J connectivity index is 1.66. The van der Waals surface area contributed by atoms with Crippen LogP contribution in [0.3, 0.4) is 0 Å². The highest BCUT2D eigenvalue weighted by atomic mass is 28.4. The summed E-state index contributed by atoms with van der Waals surface area (Å²) in [6, 6.07) is 1.22. The molecule has 1 saturated heterocycles. The van der Waals surface area contributed by atoms with E-state index in [0.717, 1.165) is 0 Å². The van der Waals surface area contributed by atoms with Crippen LogP contribution in [0.1, 0.15) is 110 Å². The van der Waals surface area contributed by atoms with Crippen molar-refractivity contribution in [1.82, 2.24) is 0 Å². The average molecular weight is 391 g/mol. The van der Waals surface area contributed by atoms with E-state index in [1.54, 1.807) is 0 Å². The van der Waals surface area contributed by atoms with Crippen LogP contribution in [0, 0.1) is 0 Å². The molecule has 144 valence electrons. The third kappa shape index (κ3) is 14.8. The lowest BCUT2D eigenvalue weighted by atomic mass is 10.0. The van der Waals surface area contributed by atoms with Gasteiger partial charge in [0.2, 0.25) is 0 Å². The quantitative estimate of drug-likeness (QED) is 0.270. The van der Waals surface area contributed by atoms with Crippen molar-refractivity contribution in [3.63, 3.8) is 0 Å². The number of rotatable bonds is 17. The summed E-state index contributed by atoms with van der Waals surface area (Å²) in [7, 11) is -2.44. The van der Waals surface area contributed by atoms with Gasteiger partial charge in [-0.3, -0.25) is 0 Å². The molecule has 0 unspecified atom stereocenters. The minimum atomic E-state index is -1.22. The first-order valence-corrected chi connectivity index (χ1v) is 14.8. The Bertz CT molecular complexity index is 252. The van der Waals surface area contributed by atoms with Gasteiger partial charge in [-0.05, 0) is 6.04 Å². The van der Waals surface area contributed by atoms with Crippen LogP contribution in [-0.2, 0) is 12.3 Å². The normalized spacial score (nSPS) is 20.1. The van der Waals surface area contributed by atoms with Crippen molar-refractivity contribution in [3.8, 4) is 0 Å². The molecule has 24 heavy (non-hydrogen) atoms. The van der Waals surface area contributed by atoms with Crippen LogP contribution >= 0.6 is 0 Å². The van der Waals surface area contributed by atoms with Gasteiger partial charge >= 0.3 is 9.28 Å². The minimum absolute atomic E-state index is 0.608. The molecular formula is C18H42O3Si3. The van der Waals surface area contributed by atoms with E-state index in [9.17, 15) is 0 Å². The summed E-state index contributed by atoms with van der Waals surface area (Å²) < 4.78 is 16.6. The first-order valence-electron chi connectivity index (χ1n) is 10.7. The summed E-state index contributed by atoms with van der Waals surface area (Å²) in [6.45, 7) is 2.29. The first kappa shape index (κ1) is 22.6. The lowest BCUT2D eigenvalue weighted by molar-refractivity contribution is 0.320. The lowest BCUT2D eigenvalue weighted by Crippen LogP contribution is -2.34. The molecule has 0 aromatic rings. The van der Waals surface area contributed by atoms with Gasteiger partial charge in [0.05, 0.1) is 0 Å². The fourth-order valence-corrected chi connectivity index (χ4v) is 10.6. The summed E-state index contributed by atoms with van der Waals surface area (Å²) in [4.78, 5) is 0. The highest BCUT2D eigenvalue weighted by Crippen LogP contribution is 2.15. The predicted molar refractivity (Wildman–Crippen MR) is 112 cm³/mol. The van der Waals surface area contributed by atoms with Gasteiger partial charge in [0, 0.05) is 0 Å².